The van der Waals surface area contributed by atoms with Gasteiger partial charge in [-0.05, 0) is 24.6 Å². The van der Waals surface area contributed by atoms with Crippen LogP contribution in [-0.4, -0.2) is 30.3 Å². The molecule has 0 aliphatic heterocycles. The number of rotatable bonds is 3. The summed E-state index contributed by atoms with van der Waals surface area (Å²) in [5, 5.41) is 0.611. The third-order valence-electron chi connectivity index (χ3n) is 2.19. The number of amides is 1. The molecule has 15 heavy (non-hydrogen) atoms. The zero-order chi connectivity index (χ0) is 11.4. The molecule has 0 saturated heterocycles. The van der Waals surface area contributed by atoms with Gasteiger partial charge in [0, 0.05) is 30.1 Å². The minimum Gasteiger partial charge on any atom is -0.341 e. The van der Waals surface area contributed by atoms with Crippen molar-refractivity contribution in [3.63, 3.8) is 0 Å². The van der Waals surface area contributed by atoms with Gasteiger partial charge in [0.25, 0.3) is 5.91 Å². The van der Waals surface area contributed by atoms with Gasteiger partial charge in [0.15, 0.2) is 0 Å². The Bertz CT molecular complexity index is 366. The lowest BCUT2D eigenvalue weighted by atomic mass is 10.1. The van der Waals surface area contributed by atoms with E-state index in [0.29, 0.717) is 23.0 Å². The van der Waals surface area contributed by atoms with E-state index in [1.54, 1.807) is 24.1 Å². The molecule has 0 aliphatic rings. The Morgan fingerprint density at radius 1 is 1.47 bits per heavy atom. The second-order valence-electron chi connectivity index (χ2n) is 3.38. The molecule has 0 heterocycles. The Morgan fingerprint density at radius 3 is 2.67 bits per heavy atom. The van der Waals surface area contributed by atoms with Gasteiger partial charge < -0.3 is 4.90 Å². The molecule has 0 unspecified atom stereocenters. The molecule has 0 fully saturated rings. The minimum absolute atomic E-state index is 0.0578. The fraction of sp³-hybridized carbons (Fsp3) is 0.364. The predicted molar refractivity (Wildman–Crippen MR) is 63.9 cm³/mol. The van der Waals surface area contributed by atoms with Crippen molar-refractivity contribution in [1.82, 2.24) is 4.90 Å². The molecule has 0 N–H and O–H groups in total. The van der Waals surface area contributed by atoms with E-state index in [9.17, 15) is 4.79 Å². The van der Waals surface area contributed by atoms with E-state index in [0.717, 1.165) is 5.56 Å². The van der Waals surface area contributed by atoms with Crippen LogP contribution in [0.5, 0.6) is 0 Å². The maximum atomic E-state index is 11.8. The molecule has 1 amide bonds. The summed E-state index contributed by atoms with van der Waals surface area (Å²) < 4.78 is 0. The van der Waals surface area contributed by atoms with E-state index in [4.69, 9.17) is 23.2 Å². The molecular formula is C11H13Cl2NO. The van der Waals surface area contributed by atoms with Gasteiger partial charge in [-0.2, -0.15) is 0 Å². The fourth-order valence-electron chi connectivity index (χ4n) is 1.17. The van der Waals surface area contributed by atoms with Crippen molar-refractivity contribution in [3.8, 4) is 0 Å². The number of nitrogens with zero attached hydrogens (tertiary/aromatic N) is 1. The maximum Gasteiger partial charge on any atom is 0.253 e. The summed E-state index contributed by atoms with van der Waals surface area (Å²) in [6.45, 7) is 2.44. The lowest BCUT2D eigenvalue weighted by molar-refractivity contribution is 0.0803. The van der Waals surface area contributed by atoms with Gasteiger partial charge in [-0.25, -0.2) is 0 Å². The standard InChI is InChI=1S/C11H13Cl2NO/c1-8-3-4-9(7-10(8)13)11(15)14(2)6-5-12/h3-4,7H,5-6H2,1-2H3. The predicted octanol–water partition coefficient (Wildman–Crippen LogP) is 2.96. The lowest BCUT2D eigenvalue weighted by Gasteiger charge is -2.15. The van der Waals surface area contributed by atoms with Crippen LogP contribution >= 0.6 is 23.2 Å². The van der Waals surface area contributed by atoms with Crippen LogP contribution < -0.4 is 0 Å². The van der Waals surface area contributed by atoms with Crippen LogP contribution in [-0.2, 0) is 0 Å². The fourth-order valence-corrected chi connectivity index (χ4v) is 1.61. The normalized spacial score (nSPS) is 10.1. The monoisotopic (exact) mass is 245 g/mol. The molecule has 0 atom stereocenters. The van der Waals surface area contributed by atoms with Gasteiger partial charge in [0.2, 0.25) is 0 Å². The Hall–Kier alpha value is -0.730. The van der Waals surface area contributed by atoms with Crippen LogP contribution in [0.1, 0.15) is 15.9 Å². The van der Waals surface area contributed by atoms with Crippen molar-refractivity contribution in [2.75, 3.05) is 19.5 Å². The molecule has 0 aliphatic carbocycles. The molecule has 4 heteroatoms. The van der Waals surface area contributed by atoms with E-state index in [1.165, 1.54) is 0 Å². The summed E-state index contributed by atoms with van der Waals surface area (Å²) in [5.41, 5.74) is 1.56. The highest BCUT2D eigenvalue weighted by atomic mass is 35.5. The highest BCUT2D eigenvalue weighted by molar-refractivity contribution is 6.31. The molecule has 0 saturated carbocycles. The van der Waals surface area contributed by atoms with E-state index < -0.39 is 0 Å². The van der Waals surface area contributed by atoms with E-state index >= 15 is 0 Å². The second-order valence-corrected chi connectivity index (χ2v) is 4.16. The van der Waals surface area contributed by atoms with Crippen LogP contribution in [0.2, 0.25) is 5.02 Å². The van der Waals surface area contributed by atoms with Crippen LogP contribution in [0.15, 0.2) is 18.2 Å². The Balaban J connectivity index is 2.87. The highest BCUT2D eigenvalue weighted by Crippen LogP contribution is 2.17. The average Bonchev–Trinajstić information content (AvgIpc) is 2.21. The van der Waals surface area contributed by atoms with Crippen LogP contribution in [0.3, 0.4) is 0 Å². The quantitative estimate of drug-likeness (QED) is 0.751. The largest absolute Gasteiger partial charge is 0.341 e. The highest BCUT2D eigenvalue weighted by Gasteiger charge is 2.11. The van der Waals surface area contributed by atoms with E-state index in [-0.39, 0.29) is 5.91 Å². The van der Waals surface area contributed by atoms with Crippen molar-refractivity contribution < 1.29 is 4.79 Å². The number of hydrogen-bond acceptors (Lipinski definition) is 1. The minimum atomic E-state index is -0.0578. The summed E-state index contributed by atoms with van der Waals surface area (Å²) in [6.07, 6.45) is 0. The first-order valence-electron chi connectivity index (χ1n) is 4.64. The number of alkyl halides is 1. The van der Waals surface area contributed by atoms with Gasteiger partial charge in [-0.15, -0.1) is 11.6 Å². The van der Waals surface area contributed by atoms with Crippen LogP contribution in [0.4, 0.5) is 0 Å². The number of carbonyl (C=O) groups excluding carboxylic acids is 1. The number of benzene rings is 1. The lowest BCUT2D eigenvalue weighted by Crippen LogP contribution is -2.28. The Kier molecular flexibility index (Phi) is 4.43. The number of carbonyl (C=O) groups is 1. The molecule has 2 nitrogen and oxygen atoms in total. The molecule has 1 rings (SSSR count). The topological polar surface area (TPSA) is 20.3 Å². The Morgan fingerprint density at radius 2 is 2.13 bits per heavy atom. The average molecular weight is 246 g/mol. The van der Waals surface area contributed by atoms with Crippen molar-refractivity contribution in [2.45, 2.75) is 6.92 Å². The maximum absolute atomic E-state index is 11.8. The first-order valence-corrected chi connectivity index (χ1v) is 5.55. The molecule has 1 aromatic carbocycles. The number of halogens is 2. The van der Waals surface area contributed by atoms with Gasteiger partial charge in [0.05, 0.1) is 0 Å². The smallest absolute Gasteiger partial charge is 0.253 e. The molecule has 0 spiro atoms. The molecular weight excluding hydrogens is 233 g/mol. The van der Waals surface area contributed by atoms with Gasteiger partial charge in [0.1, 0.15) is 0 Å². The molecule has 82 valence electrons. The van der Waals surface area contributed by atoms with Crippen LogP contribution in [0.25, 0.3) is 0 Å². The SMILES string of the molecule is Cc1ccc(C(=O)N(C)CCCl)cc1Cl. The zero-order valence-corrected chi connectivity index (χ0v) is 10.3. The first kappa shape index (κ1) is 12.3. The summed E-state index contributed by atoms with van der Waals surface area (Å²) in [7, 11) is 1.72. The van der Waals surface area contributed by atoms with Crippen molar-refractivity contribution in [1.29, 1.82) is 0 Å². The second kappa shape index (κ2) is 5.38. The van der Waals surface area contributed by atoms with Crippen molar-refractivity contribution >= 4 is 29.1 Å². The summed E-state index contributed by atoms with van der Waals surface area (Å²) in [5.74, 6) is 0.375. The summed E-state index contributed by atoms with van der Waals surface area (Å²) in [6, 6.07) is 5.29. The Labute approximate surface area is 99.8 Å². The van der Waals surface area contributed by atoms with E-state index in [2.05, 4.69) is 0 Å². The van der Waals surface area contributed by atoms with Crippen molar-refractivity contribution in [2.24, 2.45) is 0 Å². The molecule has 0 bridgehead atoms. The third kappa shape index (κ3) is 3.11. The number of aryl methyl sites for hydroxylation is 1. The summed E-state index contributed by atoms with van der Waals surface area (Å²) in [4.78, 5) is 13.4. The third-order valence-corrected chi connectivity index (χ3v) is 2.76. The van der Waals surface area contributed by atoms with Crippen molar-refractivity contribution in [3.05, 3.63) is 34.3 Å². The number of hydrogen-bond donors (Lipinski definition) is 0. The zero-order valence-electron chi connectivity index (χ0n) is 8.76. The molecule has 1 aromatic rings. The molecule has 0 radical (unpaired) electrons. The van der Waals surface area contributed by atoms with Gasteiger partial charge >= 0.3 is 0 Å². The van der Waals surface area contributed by atoms with Gasteiger partial charge in [-0.3, -0.25) is 4.79 Å². The summed E-state index contributed by atoms with van der Waals surface area (Å²) >= 11 is 11.5. The first-order chi connectivity index (χ1) is 7.06. The van der Waals surface area contributed by atoms with E-state index in [1.807, 2.05) is 13.0 Å². The van der Waals surface area contributed by atoms with Crippen LogP contribution in [0, 0.1) is 6.92 Å². The van der Waals surface area contributed by atoms with Gasteiger partial charge in [-0.1, -0.05) is 17.7 Å². The molecule has 0 aromatic heterocycles.